The molecule has 7 nitrogen and oxygen atoms in total. The number of hydrogen-bond donors (Lipinski definition) is 2. The van der Waals surface area contributed by atoms with Gasteiger partial charge < -0.3 is 20.3 Å². The number of likely N-dealkylation sites (tertiary alicyclic amines) is 1. The number of guanidine groups is 1. The maximum atomic E-state index is 12.5. The van der Waals surface area contributed by atoms with Gasteiger partial charge in [-0.2, -0.15) is 0 Å². The number of methoxy groups -OCH3 is 1. The zero-order valence-corrected chi connectivity index (χ0v) is 17.0. The Morgan fingerprint density at radius 1 is 1.11 bits per heavy atom. The molecule has 1 amide bonds. The molecule has 2 rings (SSSR count). The Balaban J connectivity index is 1.57. The number of aliphatic imine (C=N–C) groups is 1. The normalized spacial score (nSPS) is 20.7. The first-order valence-corrected chi connectivity index (χ1v) is 10.5. The molecule has 1 saturated carbocycles. The van der Waals surface area contributed by atoms with Crippen LogP contribution >= 0.6 is 0 Å². The van der Waals surface area contributed by atoms with Gasteiger partial charge in [0.1, 0.15) is 0 Å². The summed E-state index contributed by atoms with van der Waals surface area (Å²) in [6.45, 7) is 2.49. The summed E-state index contributed by atoms with van der Waals surface area (Å²) >= 11 is 0. The van der Waals surface area contributed by atoms with E-state index in [1.165, 1.54) is 20.0 Å². The highest BCUT2D eigenvalue weighted by atomic mass is 16.5. The van der Waals surface area contributed by atoms with Gasteiger partial charge in [0.15, 0.2) is 5.96 Å². The third-order valence-electron chi connectivity index (χ3n) is 5.60. The highest BCUT2D eigenvalue weighted by Crippen LogP contribution is 2.27. The molecular formula is C20H36N4O3. The summed E-state index contributed by atoms with van der Waals surface area (Å²) in [6, 6.07) is 0.279. The molecule has 0 aromatic rings. The van der Waals surface area contributed by atoms with Crippen LogP contribution in [-0.2, 0) is 14.3 Å². The minimum Gasteiger partial charge on any atom is -0.469 e. The van der Waals surface area contributed by atoms with Crippen molar-refractivity contribution in [3.63, 3.8) is 0 Å². The molecule has 0 bridgehead atoms. The van der Waals surface area contributed by atoms with Gasteiger partial charge in [-0.05, 0) is 32.1 Å². The lowest BCUT2D eigenvalue weighted by molar-refractivity contribution is -0.140. The highest BCUT2D eigenvalue weighted by molar-refractivity contribution is 5.81. The zero-order chi connectivity index (χ0) is 19.5. The number of ether oxygens (including phenoxy) is 1. The van der Waals surface area contributed by atoms with E-state index in [2.05, 4.69) is 20.4 Å². The van der Waals surface area contributed by atoms with Gasteiger partial charge in [0.05, 0.1) is 7.11 Å². The fraction of sp³-hybridized carbons (Fsp3) is 0.850. The largest absolute Gasteiger partial charge is 0.469 e. The summed E-state index contributed by atoms with van der Waals surface area (Å²) in [5.74, 6) is 1.30. The maximum Gasteiger partial charge on any atom is 0.305 e. The van der Waals surface area contributed by atoms with Gasteiger partial charge in [-0.1, -0.05) is 25.7 Å². The van der Waals surface area contributed by atoms with Crippen molar-refractivity contribution in [2.45, 2.75) is 70.3 Å². The molecule has 2 N–H and O–H groups in total. The van der Waals surface area contributed by atoms with Gasteiger partial charge in [-0.25, -0.2) is 0 Å². The van der Waals surface area contributed by atoms with Crippen molar-refractivity contribution < 1.29 is 14.3 Å². The van der Waals surface area contributed by atoms with E-state index in [-0.39, 0.29) is 17.9 Å². The van der Waals surface area contributed by atoms with Crippen LogP contribution in [0.25, 0.3) is 0 Å². The van der Waals surface area contributed by atoms with E-state index in [1.807, 2.05) is 4.90 Å². The topological polar surface area (TPSA) is 83.0 Å². The lowest BCUT2D eigenvalue weighted by Crippen LogP contribution is -2.45. The van der Waals surface area contributed by atoms with Crippen LogP contribution < -0.4 is 10.6 Å². The van der Waals surface area contributed by atoms with Crippen LogP contribution in [-0.4, -0.2) is 62.6 Å². The average molecular weight is 381 g/mol. The molecule has 27 heavy (non-hydrogen) atoms. The van der Waals surface area contributed by atoms with Gasteiger partial charge in [0.25, 0.3) is 0 Å². The number of amides is 1. The molecule has 0 aromatic heterocycles. The van der Waals surface area contributed by atoms with Crippen molar-refractivity contribution in [2.24, 2.45) is 10.9 Å². The number of carbonyl (C=O) groups excluding carboxylic acids is 2. The van der Waals surface area contributed by atoms with Crippen molar-refractivity contribution in [3.8, 4) is 0 Å². The number of esters is 1. The van der Waals surface area contributed by atoms with Gasteiger partial charge >= 0.3 is 5.97 Å². The summed E-state index contributed by atoms with van der Waals surface area (Å²) in [7, 11) is 3.21. The minimum atomic E-state index is -0.130. The van der Waals surface area contributed by atoms with Crippen LogP contribution in [0.1, 0.15) is 64.2 Å². The maximum absolute atomic E-state index is 12.5. The molecule has 2 fully saturated rings. The molecule has 154 valence electrons. The Kier molecular flexibility index (Phi) is 9.42. The van der Waals surface area contributed by atoms with Crippen LogP contribution in [0, 0.1) is 5.92 Å². The van der Waals surface area contributed by atoms with E-state index in [0.29, 0.717) is 12.3 Å². The van der Waals surface area contributed by atoms with Gasteiger partial charge in [-0.3, -0.25) is 14.6 Å². The Bertz CT molecular complexity index is 503. The fourth-order valence-electron chi connectivity index (χ4n) is 3.95. The smallest absolute Gasteiger partial charge is 0.305 e. The zero-order valence-electron chi connectivity index (χ0n) is 17.0. The molecule has 0 radical (unpaired) electrons. The van der Waals surface area contributed by atoms with E-state index < -0.39 is 0 Å². The average Bonchev–Trinajstić information content (AvgIpc) is 3.37. The summed E-state index contributed by atoms with van der Waals surface area (Å²) in [5.41, 5.74) is 0. The summed E-state index contributed by atoms with van der Waals surface area (Å²) in [4.78, 5) is 29.9. The van der Waals surface area contributed by atoms with Gasteiger partial charge in [0, 0.05) is 45.1 Å². The van der Waals surface area contributed by atoms with Crippen LogP contribution in [0.5, 0.6) is 0 Å². The molecule has 1 aliphatic carbocycles. The molecule has 2 aliphatic rings. The van der Waals surface area contributed by atoms with E-state index in [0.717, 1.165) is 70.5 Å². The SMILES string of the molecule is CN=C(NCCCCCCC(=O)OC)NC1CCN(C(=O)C2CCCC2)C1. The summed E-state index contributed by atoms with van der Waals surface area (Å²) < 4.78 is 4.64. The molecular weight excluding hydrogens is 344 g/mol. The fourth-order valence-corrected chi connectivity index (χ4v) is 3.95. The first-order valence-electron chi connectivity index (χ1n) is 10.5. The lowest BCUT2D eigenvalue weighted by Gasteiger charge is -2.21. The van der Waals surface area contributed by atoms with Crippen LogP contribution in [0.4, 0.5) is 0 Å². The number of unbranched alkanes of at least 4 members (excludes halogenated alkanes) is 3. The summed E-state index contributed by atoms with van der Waals surface area (Å²) in [5, 5.41) is 6.80. The predicted molar refractivity (Wildman–Crippen MR) is 107 cm³/mol. The van der Waals surface area contributed by atoms with Gasteiger partial charge in [0.2, 0.25) is 5.91 Å². The van der Waals surface area contributed by atoms with Crippen molar-refractivity contribution >= 4 is 17.8 Å². The molecule has 1 unspecified atom stereocenters. The van der Waals surface area contributed by atoms with Crippen molar-refractivity contribution in [2.75, 3.05) is 33.8 Å². The Morgan fingerprint density at radius 2 is 1.85 bits per heavy atom. The number of nitrogens with one attached hydrogen (secondary N) is 2. The molecule has 7 heteroatoms. The van der Waals surface area contributed by atoms with E-state index in [1.54, 1.807) is 7.05 Å². The Morgan fingerprint density at radius 3 is 2.56 bits per heavy atom. The molecule has 1 heterocycles. The number of rotatable bonds is 9. The van der Waals surface area contributed by atoms with E-state index >= 15 is 0 Å². The molecule has 1 aliphatic heterocycles. The standard InChI is InChI=1S/C20H36N4O3/c1-21-20(22-13-8-4-3-5-11-18(25)27-2)23-17-12-14-24(15-17)19(26)16-9-6-7-10-16/h16-17H,3-15H2,1-2H3,(H2,21,22,23). The first kappa shape index (κ1) is 21.5. The van der Waals surface area contributed by atoms with Crippen molar-refractivity contribution in [1.82, 2.24) is 15.5 Å². The molecule has 0 aromatic carbocycles. The quantitative estimate of drug-likeness (QED) is 0.277. The lowest BCUT2D eigenvalue weighted by atomic mass is 10.1. The minimum absolute atomic E-state index is 0.130. The number of hydrogen-bond acceptors (Lipinski definition) is 4. The molecule has 0 spiro atoms. The predicted octanol–water partition coefficient (Wildman–Crippen LogP) is 2.07. The Labute approximate surface area is 163 Å². The number of nitrogens with zero attached hydrogens (tertiary/aromatic N) is 2. The van der Waals surface area contributed by atoms with Crippen molar-refractivity contribution in [1.29, 1.82) is 0 Å². The van der Waals surface area contributed by atoms with E-state index in [4.69, 9.17) is 0 Å². The van der Waals surface area contributed by atoms with Crippen molar-refractivity contribution in [3.05, 3.63) is 0 Å². The third kappa shape index (κ3) is 7.39. The van der Waals surface area contributed by atoms with E-state index in [9.17, 15) is 9.59 Å². The number of carbonyl (C=O) groups is 2. The Hall–Kier alpha value is -1.79. The van der Waals surface area contributed by atoms with Crippen LogP contribution in [0.2, 0.25) is 0 Å². The van der Waals surface area contributed by atoms with Gasteiger partial charge in [-0.15, -0.1) is 0 Å². The second kappa shape index (κ2) is 11.8. The molecule has 1 atom stereocenters. The second-order valence-electron chi connectivity index (χ2n) is 7.63. The third-order valence-corrected chi connectivity index (χ3v) is 5.60. The monoisotopic (exact) mass is 380 g/mol. The second-order valence-corrected chi connectivity index (χ2v) is 7.63. The first-order chi connectivity index (χ1) is 13.1. The highest BCUT2D eigenvalue weighted by Gasteiger charge is 2.32. The van der Waals surface area contributed by atoms with Crippen LogP contribution in [0.3, 0.4) is 0 Å². The summed E-state index contributed by atoms with van der Waals surface area (Å²) in [6.07, 6.45) is 10.0. The molecule has 1 saturated heterocycles. The van der Waals surface area contributed by atoms with Crippen LogP contribution in [0.15, 0.2) is 4.99 Å².